The van der Waals surface area contributed by atoms with Crippen molar-refractivity contribution < 1.29 is 4.74 Å². The molecule has 0 heterocycles. The van der Waals surface area contributed by atoms with Gasteiger partial charge in [0.1, 0.15) is 5.75 Å². The van der Waals surface area contributed by atoms with Crippen molar-refractivity contribution in [3.63, 3.8) is 0 Å². The van der Waals surface area contributed by atoms with Gasteiger partial charge in [0, 0.05) is 15.3 Å². The van der Waals surface area contributed by atoms with Crippen LogP contribution in [0.1, 0.15) is 25.5 Å². The third-order valence-electron chi connectivity index (χ3n) is 2.94. The molecule has 3 heteroatoms. The van der Waals surface area contributed by atoms with Crippen LogP contribution in [0.4, 0.5) is 5.69 Å². The van der Waals surface area contributed by atoms with Crippen molar-refractivity contribution in [2.24, 2.45) is 0 Å². The molecule has 0 saturated heterocycles. The molecule has 1 N–H and O–H groups in total. The molecule has 0 bridgehead atoms. The Bertz CT molecular complexity index is 525. The van der Waals surface area contributed by atoms with Crippen LogP contribution in [-0.2, 0) is 0 Å². The molecule has 0 aromatic heterocycles. The molecule has 2 rings (SSSR count). The van der Waals surface area contributed by atoms with Crippen LogP contribution in [-0.4, -0.2) is 6.61 Å². The fourth-order valence-electron chi connectivity index (χ4n) is 1.91. The number of rotatable bonds is 5. The second kappa shape index (κ2) is 6.80. The van der Waals surface area contributed by atoms with E-state index in [1.165, 1.54) is 14.8 Å². The number of para-hydroxylation sites is 1. The lowest BCUT2D eigenvalue weighted by molar-refractivity contribution is 0.340. The Morgan fingerprint density at radius 1 is 1.11 bits per heavy atom. The van der Waals surface area contributed by atoms with Crippen molar-refractivity contribution in [1.29, 1.82) is 0 Å². The fourth-order valence-corrected chi connectivity index (χ4v) is 2.46. The smallest absolute Gasteiger partial charge is 0.119 e. The summed E-state index contributed by atoms with van der Waals surface area (Å²) in [6.07, 6.45) is 0. The molecular formula is C16H18INO. The monoisotopic (exact) mass is 367 g/mol. The molecule has 1 unspecified atom stereocenters. The normalized spacial score (nSPS) is 11.9. The first-order valence-corrected chi connectivity index (χ1v) is 7.52. The molecule has 2 nitrogen and oxygen atoms in total. The molecule has 0 amide bonds. The molecule has 19 heavy (non-hydrogen) atoms. The van der Waals surface area contributed by atoms with E-state index in [0.29, 0.717) is 6.61 Å². The number of halogens is 1. The van der Waals surface area contributed by atoms with Gasteiger partial charge in [-0.25, -0.2) is 0 Å². The highest BCUT2D eigenvalue weighted by Gasteiger charge is 2.07. The minimum absolute atomic E-state index is 0.270. The predicted octanol–water partition coefficient (Wildman–Crippen LogP) is 4.86. The molecule has 0 spiro atoms. The highest BCUT2D eigenvalue weighted by molar-refractivity contribution is 14.1. The van der Waals surface area contributed by atoms with Gasteiger partial charge in [-0.05, 0) is 66.3 Å². The summed E-state index contributed by atoms with van der Waals surface area (Å²) in [5.74, 6) is 0.924. The van der Waals surface area contributed by atoms with E-state index in [9.17, 15) is 0 Å². The van der Waals surface area contributed by atoms with Gasteiger partial charge in [0.2, 0.25) is 0 Å². The van der Waals surface area contributed by atoms with Crippen molar-refractivity contribution in [1.82, 2.24) is 0 Å². The van der Waals surface area contributed by atoms with E-state index in [1.54, 1.807) is 0 Å². The zero-order valence-corrected chi connectivity index (χ0v) is 13.3. The molecule has 2 aromatic rings. The Balaban J connectivity index is 2.07. The SMILES string of the molecule is CCOc1ccc(C(C)Nc2ccccc2I)cc1. The molecule has 0 aliphatic heterocycles. The molecule has 0 aliphatic carbocycles. The van der Waals surface area contributed by atoms with Gasteiger partial charge in [0.15, 0.2) is 0 Å². The first-order chi connectivity index (χ1) is 9.20. The molecule has 0 aliphatic rings. The zero-order chi connectivity index (χ0) is 13.7. The van der Waals surface area contributed by atoms with Gasteiger partial charge in [-0.15, -0.1) is 0 Å². The van der Waals surface area contributed by atoms with E-state index in [1.807, 2.05) is 19.1 Å². The Labute approximate surface area is 128 Å². The molecule has 1 atom stereocenters. The summed E-state index contributed by atoms with van der Waals surface area (Å²) >= 11 is 2.35. The summed E-state index contributed by atoms with van der Waals surface area (Å²) in [4.78, 5) is 0. The van der Waals surface area contributed by atoms with Gasteiger partial charge in [0.05, 0.1) is 6.61 Å². The Morgan fingerprint density at radius 3 is 2.42 bits per heavy atom. The van der Waals surface area contributed by atoms with E-state index >= 15 is 0 Å². The van der Waals surface area contributed by atoms with Gasteiger partial charge >= 0.3 is 0 Å². The summed E-state index contributed by atoms with van der Waals surface area (Å²) < 4.78 is 6.69. The Kier molecular flexibility index (Phi) is 5.07. The van der Waals surface area contributed by atoms with E-state index in [2.05, 4.69) is 71.2 Å². The third-order valence-corrected chi connectivity index (χ3v) is 3.88. The van der Waals surface area contributed by atoms with E-state index < -0.39 is 0 Å². The average molecular weight is 367 g/mol. The second-order valence-corrected chi connectivity index (χ2v) is 5.51. The lowest BCUT2D eigenvalue weighted by Crippen LogP contribution is -2.07. The van der Waals surface area contributed by atoms with Gasteiger partial charge in [-0.1, -0.05) is 24.3 Å². The summed E-state index contributed by atoms with van der Waals surface area (Å²) in [6, 6.07) is 16.8. The van der Waals surface area contributed by atoms with Crippen molar-refractivity contribution >= 4 is 28.3 Å². The van der Waals surface area contributed by atoms with Crippen LogP contribution in [0.25, 0.3) is 0 Å². The largest absolute Gasteiger partial charge is 0.494 e. The van der Waals surface area contributed by atoms with Crippen LogP contribution >= 0.6 is 22.6 Å². The topological polar surface area (TPSA) is 21.3 Å². The number of benzene rings is 2. The minimum Gasteiger partial charge on any atom is -0.494 e. The van der Waals surface area contributed by atoms with Crippen LogP contribution < -0.4 is 10.1 Å². The van der Waals surface area contributed by atoms with Crippen molar-refractivity contribution in [2.75, 3.05) is 11.9 Å². The second-order valence-electron chi connectivity index (χ2n) is 4.35. The fraction of sp³-hybridized carbons (Fsp3) is 0.250. The first-order valence-electron chi connectivity index (χ1n) is 6.44. The quantitative estimate of drug-likeness (QED) is 0.762. The predicted molar refractivity (Wildman–Crippen MR) is 88.8 cm³/mol. The number of hydrogen-bond donors (Lipinski definition) is 1. The zero-order valence-electron chi connectivity index (χ0n) is 11.2. The van der Waals surface area contributed by atoms with Gasteiger partial charge in [-0.3, -0.25) is 0 Å². The molecule has 0 radical (unpaired) electrons. The molecule has 0 saturated carbocycles. The van der Waals surface area contributed by atoms with Crippen molar-refractivity contribution in [3.05, 3.63) is 57.7 Å². The van der Waals surface area contributed by atoms with E-state index in [4.69, 9.17) is 4.74 Å². The maximum absolute atomic E-state index is 5.46. The standard InChI is InChI=1S/C16H18INO/c1-3-19-14-10-8-13(9-11-14)12(2)18-16-7-5-4-6-15(16)17/h4-12,18H,3H2,1-2H3. The number of anilines is 1. The van der Waals surface area contributed by atoms with E-state index in [-0.39, 0.29) is 6.04 Å². The van der Waals surface area contributed by atoms with Crippen LogP contribution in [0.5, 0.6) is 5.75 Å². The highest BCUT2D eigenvalue weighted by atomic mass is 127. The van der Waals surface area contributed by atoms with Gasteiger partial charge in [0.25, 0.3) is 0 Å². The molecule has 2 aromatic carbocycles. The van der Waals surface area contributed by atoms with Crippen molar-refractivity contribution in [2.45, 2.75) is 19.9 Å². The number of hydrogen-bond acceptors (Lipinski definition) is 2. The molecular weight excluding hydrogens is 349 g/mol. The van der Waals surface area contributed by atoms with Crippen molar-refractivity contribution in [3.8, 4) is 5.75 Å². The Hall–Kier alpha value is -1.23. The average Bonchev–Trinajstić information content (AvgIpc) is 2.42. The van der Waals surface area contributed by atoms with Crippen LogP contribution in [0.2, 0.25) is 0 Å². The molecule has 0 fully saturated rings. The lowest BCUT2D eigenvalue weighted by atomic mass is 10.1. The Morgan fingerprint density at radius 2 is 1.79 bits per heavy atom. The highest BCUT2D eigenvalue weighted by Crippen LogP contribution is 2.24. The summed E-state index contributed by atoms with van der Waals surface area (Å²) in [5, 5.41) is 3.53. The maximum atomic E-state index is 5.46. The summed E-state index contributed by atoms with van der Waals surface area (Å²) in [6.45, 7) is 4.86. The maximum Gasteiger partial charge on any atom is 0.119 e. The summed E-state index contributed by atoms with van der Waals surface area (Å²) in [7, 11) is 0. The van der Waals surface area contributed by atoms with Crippen LogP contribution in [0.3, 0.4) is 0 Å². The number of nitrogens with one attached hydrogen (secondary N) is 1. The summed E-state index contributed by atoms with van der Waals surface area (Å²) in [5.41, 5.74) is 2.42. The van der Waals surface area contributed by atoms with Gasteiger partial charge < -0.3 is 10.1 Å². The third kappa shape index (κ3) is 3.86. The number of ether oxygens (including phenoxy) is 1. The van der Waals surface area contributed by atoms with Crippen LogP contribution in [0, 0.1) is 3.57 Å². The lowest BCUT2D eigenvalue weighted by Gasteiger charge is -2.17. The minimum atomic E-state index is 0.270. The first kappa shape index (κ1) is 14.2. The van der Waals surface area contributed by atoms with Crippen LogP contribution in [0.15, 0.2) is 48.5 Å². The van der Waals surface area contributed by atoms with Gasteiger partial charge in [-0.2, -0.15) is 0 Å². The van der Waals surface area contributed by atoms with E-state index in [0.717, 1.165) is 5.75 Å². The molecule has 100 valence electrons.